The molecular formula is C15H19IN4. The summed E-state index contributed by atoms with van der Waals surface area (Å²) in [7, 11) is 0. The highest BCUT2D eigenvalue weighted by atomic mass is 127. The summed E-state index contributed by atoms with van der Waals surface area (Å²) < 4.78 is 0. The van der Waals surface area contributed by atoms with Gasteiger partial charge in [0.2, 0.25) is 0 Å². The van der Waals surface area contributed by atoms with Crippen LogP contribution in [0.15, 0.2) is 47.5 Å². The Labute approximate surface area is 136 Å². The third-order valence-corrected chi connectivity index (χ3v) is 2.68. The van der Waals surface area contributed by atoms with E-state index in [0.717, 1.165) is 17.1 Å². The molecule has 0 spiro atoms. The molecule has 1 heterocycles. The van der Waals surface area contributed by atoms with E-state index >= 15 is 0 Å². The fraction of sp³-hybridized carbons (Fsp3) is 0.200. The Hall–Kier alpha value is -1.63. The van der Waals surface area contributed by atoms with Crippen LogP contribution < -0.4 is 11.1 Å². The van der Waals surface area contributed by atoms with Crippen molar-refractivity contribution in [2.24, 2.45) is 10.7 Å². The Morgan fingerprint density at radius 2 is 1.85 bits per heavy atom. The molecule has 106 valence electrons. The van der Waals surface area contributed by atoms with Crippen molar-refractivity contribution < 1.29 is 0 Å². The largest absolute Gasteiger partial charge is 0.370 e. The molecule has 0 bridgehead atoms. The van der Waals surface area contributed by atoms with E-state index in [2.05, 4.69) is 15.3 Å². The summed E-state index contributed by atoms with van der Waals surface area (Å²) >= 11 is 0. The standard InChI is InChI=1S/C15H18N4.HI/c1-11-6-8-13(9-7-11)19-15(16)17-10-14-5-3-4-12(2)18-14;/h3-9H,10H2,1-2H3,(H3,16,17,19);1H. The number of halogens is 1. The van der Waals surface area contributed by atoms with Gasteiger partial charge in [0.15, 0.2) is 5.96 Å². The van der Waals surface area contributed by atoms with Gasteiger partial charge in [0.25, 0.3) is 0 Å². The molecule has 0 saturated carbocycles. The van der Waals surface area contributed by atoms with Gasteiger partial charge in [0.05, 0.1) is 12.2 Å². The zero-order valence-electron chi connectivity index (χ0n) is 11.6. The van der Waals surface area contributed by atoms with E-state index in [1.165, 1.54) is 5.56 Å². The van der Waals surface area contributed by atoms with Crippen LogP contribution in [0.3, 0.4) is 0 Å². The van der Waals surface area contributed by atoms with Crippen molar-refractivity contribution in [3.63, 3.8) is 0 Å². The van der Waals surface area contributed by atoms with Gasteiger partial charge in [-0.3, -0.25) is 4.98 Å². The summed E-state index contributed by atoms with van der Waals surface area (Å²) in [5.41, 5.74) is 9.88. The Balaban J connectivity index is 0.00000200. The number of aliphatic imine (C=N–C) groups is 1. The van der Waals surface area contributed by atoms with Gasteiger partial charge in [-0.25, -0.2) is 4.99 Å². The number of hydrogen-bond donors (Lipinski definition) is 2. The van der Waals surface area contributed by atoms with E-state index in [1.807, 2.05) is 56.3 Å². The average molecular weight is 382 g/mol. The molecule has 2 rings (SSSR count). The van der Waals surface area contributed by atoms with Gasteiger partial charge in [-0.05, 0) is 38.1 Å². The molecule has 0 aliphatic carbocycles. The first-order valence-corrected chi connectivity index (χ1v) is 6.19. The molecule has 0 fully saturated rings. The lowest BCUT2D eigenvalue weighted by atomic mass is 10.2. The third kappa shape index (κ3) is 5.16. The highest BCUT2D eigenvalue weighted by Crippen LogP contribution is 2.08. The molecule has 0 unspecified atom stereocenters. The van der Waals surface area contributed by atoms with Crippen molar-refractivity contribution in [1.29, 1.82) is 0 Å². The summed E-state index contributed by atoms with van der Waals surface area (Å²) in [4.78, 5) is 8.65. The summed E-state index contributed by atoms with van der Waals surface area (Å²) in [5.74, 6) is 0.396. The summed E-state index contributed by atoms with van der Waals surface area (Å²) in [6, 6.07) is 13.9. The van der Waals surface area contributed by atoms with Crippen LogP contribution in [0, 0.1) is 13.8 Å². The molecule has 0 aliphatic heterocycles. The number of aromatic nitrogens is 1. The molecule has 1 aromatic heterocycles. The predicted molar refractivity (Wildman–Crippen MR) is 94.5 cm³/mol. The zero-order chi connectivity index (χ0) is 13.7. The lowest BCUT2D eigenvalue weighted by Crippen LogP contribution is -2.22. The van der Waals surface area contributed by atoms with Crippen molar-refractivity contribution >= 4 is 35.6 Å². The minimum Gasteiger partial charge on any atom is -0.370 e. The number of pyridine rings is 1. The molecule has 5 heteroatoms. The summed E-state index contributed by atoms with van der Waals surface area (Å²) in [5, 5.41) is 3.05. The predicted octanol–water partition coefficient (Wildman–Crippen LogP) is 3.24. The second kappa shape index (κ2) is 7.84. The number of nitrogens with one attached hydrogen (secondary N) is 1. The molecule has 0 amide bonds. The molecule has 1 aromatic carbocycles. The Morgan fingerprint density at radius 3 is 2.50 bits per heavy atom. The minimum atomic E-state index is 0. The maximum absolute atomic E-state index is 5.84. The number of anilines is 1. The fourth-order valence-corrected chi connectivity index (χ4v) is 1.68. The maximum atomic E-state index is 5.84. The fourth-order valence-electron chi connectivity index (χ4n) is 1.68. The van der Waals surface area contributed by atoms with E-state index in [4.69, 9.17) is 5.73 Å². The number of benzene rings is 1. The van der Waals surface area contributed by atoms with Gasteiger partial charge in [-0.15, -0.1) is 24.0 Å². The topological polar surface area (TPSA) is 63.3 Å². The average Bonchev–Trinajstić information content (AvgIpc) is 2.39. The smallest absolute Gasteiger partial charge is 0.193 e. The van der Waals surface area contributed by atoms with Crippen molar-refractivity contribution in [3.05, 3.63) is 59.4 Å². The molecule has 4 nitrogen and oxygen atoms in total. The van der Waals surface area contributed by atoms with Crippen LogP contribution in [-0.4, -0.2) is 10.9 Å². The van der Waals surface area contributed by atoms with Crippen molar-refractivity contribution in [2.45, 2.75) is 20.4 Å². The van der Waals surface area contributed by atoms with E-state index in [1.54, 1.807) is 0 Å². The third-order valence-electron chi connectivity index (χ3n) is 2.68. The van der Waals surface area contributed by atoms with Crippen LogP contribution in [0.5, 0.6) is 0 Å². The Morgan fingerprint density at radius 1 is 1.15 bits per heavy atom. The molecule has 2 aromatic rings. The highest BCUT2D eigenvalue weighted by molar-refractivity contribution is 14.0. The SMILES string of the molecule is Cc1ccc(NC(N)=NCc2cccc(C)n2)cc1.I. The number of hydrogen-bond acceptors (Lipinski definition) is 2. The molecule has 0 radical (unpaired) electrons. The zero-order valence-corrected chi connectivity index (χ0v) is 14.0. The van der Waals surface area contributed by atoms with Crippen LogP contribution in [0.4, 0.5) is 5.69 Å². The van der Waals surface area contributed by atoms with Gasteiger partial charge >= 0.3 is 0 Å². The first-order chi connectivity index (χ1) is 9.13. The number of rotatable bonds is 3. The van der Waals surface area contributed by atoms with Gasteiger partial charge in [-0.1, -0.05) is 23.8 Å². The second-order valence-electron chi connectivity index (χ2n) is 4.46. The van der Waals surface area contributed by atoms with E-state index < -0.39 is 0 Å². The van der Waals surface area contributed by atoms with Gasteiger partial charge in [0, 0.05) is 11.4 Å². The minimum absolute atomic E-state index is 0. The van der Waals surface area contributed by atoms with Crippen molar-refractivity contribution in [1.82, 2.24) is 4.98 Å². The highest BCUT2D eigenvalue weighted by Gasteiger charge is 1.96. The number of guanidine groups is 1. The molecule has 0 atom stereocenters. The van der Waals surface area contributed by atoms with Crippen LogP contribution >= 0.6 is 24.0 Å². The maximum Gasteiger partial charge on any atom is 0.193 e. The van der Waals surface area contributed by atoms with Crippen molar-refractivity contribution in [3.8, 4) is 0 Å². The van der Waals surface area contributed by atoms with Crippen LogP contribution in [0.1, 0.15) is 17.0 Å². The first-order valence-electron chi connectivity index (χ1n) is 6.19. The van der Waals surface area contributed by atoms with Crippen molar-refractivity contribution in [2.75, 3.05) is 5.32 Å². The van der Waals surface area contributed by atoms with Gasteiger partial charge in [0.1, 0.15) is 0 Å². The lowest BCUT2D eigenvalue weighted by Gasteiger charge is -2.06. The van der Waals surface area contributed by atoms with E-state index in [-0.39, 0.29) is 24.0 Å². The van der Waals surface area contributed by atoms with Crippen LogP contribution in [0.25, 0.3) is 0 Å². The summed E-state index contributed by atoms with van der Waals surface area (Å²) in [6.07, 6.45) is 0. The van der Waals surface area contributed by atoms with Crippen LogP contribution in [-0.2, 0) is 6.54 Å². The number of nitrogens with zero attached hydrogens (tertiary/aromatic N) is 2. The molecule has 20 heavy (non-hydrogen) atoms. The van der Waals surface area contributed by atoms with E-state index in [0.29, 0.717) is 12.5 Å². The molecule has 0 saturated heterocycles. The number of nitrogens with two attached hydrogens (primary N) is 1. The summed E-state index contributed by atoms with van der Waals surface area (Å²) in [6.45, 7) is 4.48. The Kier molecular flexibility index (Phi) is 6.44. The van der Waals surface area contributed by atoms with E-state index in [9.17, 15) is 0 Å². The molecule has 3 N–H and O–H groups in total. The van der Waals surface area contributed by atoms with Gasteiger partial charge in [-0.2, -0.15) is 0 Å². The quantitative estimate of drug-likeness (QED) is 0.487. The molecule has 0 aliphatic rings. The first kappa shape index (κ1) is 16.4. The monoisotopic (exact) mass is 382 g/mol. The lowest BCUT2D eigenvalue weighted by molar-refractivity contribution is 0.965. The van der Waals surface area contributed by atoms with Crippen LogP contribution in [0.2, 0.25) is 0 Å². The Bertz CT molecular complexity index is 579. The molecular weight excluding hydrogens is 363 g/mol. The normalized spacial score (nSPS) is 10.8. The number of aryl methyl sites for hydroxylation is 2. The second-order valence-corrected chi connectivity index (χ2v) is 4.46. The van der Waals surface area contributed by atoms with Gasteiger partial charge < -0.3 is 11.1 Å².